The van der Waals surface area contributed by atoms with E-state index in [9.17, 15) is 9.59 Å². The lowest BCUT2D eigenvalue weighted by Crippen LogP contribution is -2.10. The Labute approximate surface area is 73.3 Å². The van der Waals surface area contributed by atoms with Crippen LogP contribution in [0.4, 0.5) is 0 Å². The fraction of sp³-hybridized carbons (Fsp3) is 0.800. The molecule has 0 saturated heterocycles. The van der Waals surface area contributed by atoms with Crippen molar-refractivity contribution >= 4 is 12.6 Å². The average Bonchev–Trinajstić information content (AvgIpc) is 2.05. The predicted octanol–water partition coefficient (Wildman–Crippen LogP) is 1.97. The van der Waals surface area contributed by atoms with Crippen molar-refractivity contribution in [3.63, 3.8) is 0 Å². The molecule has 0 amide bonds. The molecule has 1 rings (SSSR count). The summed E-state index contributed by atoms with van der Waals surface area (Å²) in [5.41, 5.74) is 0. The van der Waals surface area contributed by atoms with E-state index in [1.54, 1.807) is 0 Å². The first kappa shape index (κ1) is 9.43. The van der Waals surface area contributed by atoms with Gasteiger partial charge in [0.1, 0.15) is 12.6 Å². The van der Waals surface area contributed by atoms with E-state index in [4.69, 9.17) is 0 Å². The van der Waals surface area contributed by atoms with E-state index < -0.39 is 0 Å². The van der Waals surface area contributed by atoms with Gasteiger partial charge in [-0.2, -0.15) is 0 Å². The summed E-state index contributed by atoms with van der Waals surface area (Å²) < 4.78 is 0. The second kappa shape index (κ2) is 5.07. The molecular formula is C10H16O2. The molecule has 12 heavy (non-hydrogen) atoms. The summed E-state index contributed by atoms with van der Waals surface area (Å²) in [6.07, 6.45) is 8.13. The molecule has 1 aliphatic carbocycles. The van der Waals surface area contributed by atoms with E-state index >= 15 is 0 Å². The summed E-state index contributed by atoms with van der Waals surface area (Å²) in [7, 11) is 0. The summed E-state index contributed by atoms with van der Waals surface area (Å²) in [5, 5.41) is 0. The maximum Gasteiger partial charge on any atom is 0.123 e. The van der Waals surface area contributed by atoms with Crippen LogP contribution in [0.15, 0.2) is 0 Å². The van der Waals surface area contributed by atoms with E-state index in [0.717, 1.165) is 51.1 Å². The predicted molar refractivity (Wildman–Crippen MR) is 46.8 cm³/mol. The Balaban J connectivity index is 2.33. The van der Waals surface area contributed by atoms with Crippen LogP contribution in [-0.2, 0) is 9.59 Å². The Kier molecular flexibility index (Phi) is 3.98. The number of carbonyl (C=O) groups excluding carboxylic acids is 2. The van der Waals surface area contributed by atoms with Gasteiger partial charge in [-0.3, -0.25) is 0 Å². The van der Waals surface area contributed by atoms with Crippen molar-refractivity contribution in [2.45, 2.75) is 38.5 Å². The molecule has 0 unspecified atom stereocenters. The second-order valence-electron chi connectivity index (χ2n) is 3.65. The molecule has 1 aliphatic rings. The van der Waals surface area contributed by atoms with Crippen LogP contribution in [0.25, 0.3) is 0 Å². The highest BCUT2D eigenvalue weighted by Crippen LogP contribution is 2.23. The summed E-state index contributed by atoms with van der Waals surface area (Å²) >= 11 is 0. The van der Waals surface area contributed by atoms with Crippen LogP contribution in [-0.4, -0.2) is 12.6 Å². The van der Waals surface area contributed by atoms with Crippen molar-refractivity contribution in [2.75, 3.05) is 0 Å². The summed E-state index contributed by atoms with van der Waals surface area (Å²) in [4.78, 5) is 21.0. The smallest absolute Gasteiger partial charge is 0.123 e. The Bertz CT molecular complexity index is 128. The molecular weight excluding hydrogens is 152 g/mol. The molecule has 0 atom stereocenters. The monoisotopic (exact) mass is 168 g/mol. The van der Waals surface area contributed by atoms with Gasteiger partial charge in [-0.15, -0.1) is 0 Å². The van der Waals surface area contributed by atoms with E-state index in [-0.39, 0.29) is 11.8 Å². The van der Waals surface area contributed by atoms with Gasteiger partial charge in [-0.05, 0) is 25.7 Å². The third kappa shape index (κ3) is 2.76. The third-order valence-electron chi connectivity index (χ3n) is 2.68. The molecule has 1 saturated carbocycles. The van der Waals surface area contributed by atoms with Crippen LogP contribution in [0.1, 0.15) is 38.5 Å². The maximum absolute atomic E-state index is 10.5. The standard InChI is InChI=1S/C10H16O2/c11-7-9-3-1-4-10(8-12)6-2-5-9/h7-10H,1-6H2/t9-,10+. The third-order valence-corrected chi connectivity index (χ3v) is 2.68. The number of aldehydes is 2. The fourth-order valence-electron chi connectivity index (χ4n) is 1.85. The minimum absolute atomic E-state index is 0.262. The average molecular weight is 168 g/mol. The van der Waals surface area contributed by atoms with Gasteiger partial charge in [-0.25, -0.2) is 0 Å². The van der Waals surface area contributed by atoms with Gasteiger partial charge in [-0.1, -0.05) is 12.8 Å². The fourth-order valence-corrected chi connectivity index (χ4v) is 1.85. The Morgan fingerprint density at radius 3 is 1.33 bits per heavy atom. The van der Waals surface area contributed by atoms with E-state index in [1.807, 2.05) is 0 Å². The van der Waals surface area contributed by atoms with Crippen LogP contribution in [0, 0.1) is 11.8 Å². The number of hydrogen-bond donors (Lipinski definition) is 0. The minimum atomic E-state index is 0.262. The minimum Gasteiger partial charge on any atom is -0.303 e. The zero-order valence-electron chi connectivity index (χ0n) is 7.37. The molecule has 0 heterocycles. The Morgan fingerprint density at radius 2 is 1.08 bits per heavy atom. The molecule has 0 aromatic rings. The molecule has 68 valence electrons. The normalized spacial score (nSPS) is 31.7. The SMILES string of the molecule is O=C[C@H]1CCC[C@@H](C=O)CCC1. The van der Waals surface area contributed by atoms with E-state index in [1.165, 1.54) is 0 Å². The lowest BCUT2D eigenvalue weighted by atomic mass is 9.87. The van der Waals surface area contributed by atoms with Gasteiger partial charge in [0.25, 0.3) is 0 Å². The highest BCUT2D eigenvalue weighted by atomic mass is 16.1. The van der Waals surface area contributed by atoms with Crippen LogP contribution < -0.4 is 0 Å². The number of carbonyl (C=O) groups is 2. The molecule has 1 fully saturated rings. The lowest BCUT2D eigenvalue weighted by molar-refractivity contribution is -0.112. The van der Waals surface area contributed by atoms with Crippen LogP contribution in [0.5, 0.6) is 0 Å². The summed E-state index contributed by atoms with van der Waals surface area (Å²) in [6.45, 7) is 0. The highest BCUT2D eigenvalue weighted by molar-refractivity contribution is 5.54. The van der Waals surface area contributed by atoms with Crippen molar-refractivity contribution in [1.29, 1.82) is 0 Å². The quantitative estimate of drug-likeness (QED) is 0.591. The largest absolute Gasteiger partial charge is 0.303 e. The van der Waals surface area contributed by atoms with Gasteiger partial charge in [0.2, 0.25) is 0 Å². The van der Waals surface area contributed by atoms with Gasteiger partial charge < -0.3 is 9.59 Å². The first-order valence-electron chi connectivity index (χ1n) is 4.77. The van der Waals surface area contributed by atoms with Crippen LogP contribution in [0.3, 0.4) is 0 Å². The van der Waals surface area contributed by atoms with Crippen LogP contribution in [0.2, 0.25) is 0 Å². The van der Waals surface area contributed by atoms with Crippen LogP contribution >= 0.6 is 0 Å². The molecule has 0 N–H and O–H groups in total. The van der Waals surface area contributed by atoms with E-state index in [0.29, 0.717) is 0 Å². The molecule has 0 bridgehead atoms. The van der Waals surface area contributed by atoms with E-state index in [2.05, 4.69) is 0 Å². The van der Waals surface area contributed by atoms with Crippen molar-refractivity contribution in [2.24, 2.45) is 11.8 Å². The molecule has 2 heteroatoms. The van der Waals surface area contributed by atoms with Gasteiger partial charge in [0, 0.05) is 11.8 Å². The van der Waals surface area contributed by atoms with Crippen molar-refractivity contribution in [1.82, 2.24) is 0 Å². The topological polar surface area (TPSA) is 34.1 Å². The van der Waals surface area contributed by atoms with Crippen molar-refractivity contribution < 1.29 is 9.59 Å². The number of hydrogen-bond acceptors (Lipinski definition) is 2. The second-order valence-corrected chi connectivity index (χ2v) is 3.65. The first-order valence-corrected chi connectivity index (χ1v) is 4.77. The molecule has 0 spiro atoms. The molecule has 0 radical (unpaired) electrons. The number of rotatable bonds is 2. The summed E-state index contributed by atoms with van der Waals surface area (Å²) in [6, 6.07) is 0. The highest BCUT2D eigenvalue weighted by Gasteiger charge is 2.15. The summed E-state index contributed by atoms with van der Waals surface area (Å²) in [5.74, 6) is 0.523. The molecule has 0 aromatic heterocycles. The van der Waals surface area contributed by atoms with Gasteiger partial charge in [0.15, 0.2) is 0 Å². The Hall–Kier alpha value is -0.660. The molecule has 0 aliphatic heterocycles. The van der Waals surface area contributed by atoms with Crippen molar-refractivity contribution in [3.05, 3.63) is 0 Å². The zero-order valence-corrected chi connectivity index (χ0v) is 7.37. The first-order chi connectivity index (χ1) is 5.86. The van der Waals surface area contributed by atoms with Gasteiger partial charge >= 0.3 is 0 Å². The molecule has 2 nitrogen and oxygen atoms in total. The lowest BCUT2D eigenvalue weighted by Gasteiger charge is -2.17. The molecule has 0 aromatic carbocycles. The maximum atomic E-state index is 10.5. The zero-order chi connectivity index (χ0) is 8.81. The Morgan fingerprint density at radius 1 is 0.750 bits per heavy atom. The van der Waals surface area contributed by atoms with Gasteiger partial charge in [0.05, 0.1) is 0 Å². The van der Waals surface area contributed by atoms with Crippen molar-refractivity contribution in [3.8, 4) is 0 Å².